The Balaban J connectivity index is 2.00. The summed E-state index contributed by atoms with van der Waals surface area (Å²) >= 11 is 0. The molecule has 0 aliphatic carbocycles. The van der Waals surface area contributed by atoms with Crippen molar-refractivity contribution in [3.63, 3.8) is 0 Å². The van der Waals surface area contributed by atoms with Gasteiger partial charge in [0.25, 0.3) is 0 Å². The molecule has 0 heterocycles. The largest absolute Gasteiger partial charge is 0.101 e. The summed E-state index contributed by atoms with van der Waals surface area (Å²) in [7, 11) is 0. The van der Waals surface area contributed by atoms with E-state index in [-0.39, 0.29) is 0 Å². The highest BCUT2D eigenvalue weighted by Gasteiger charge is 2.03. The lowest BCUT2D eigenvalue weighted by Gasteiger charge is -2.07. The van der Waals surface area contributed by atoms with Crippen LogP contribution in [0.3, 0.4) is 0 Å². The van der Waals surface area contributed by atoms with Crippen molar-refractivity contribution < 1.29 is 0 Å². The highest BCUT2D eigenvalue weighted by atomic mass is 14.1. The van der Waals surface area contributed by atoms with Crippen LogP contribution in [0, 0.1) is 11.8 Å². The molecule has 3 aromatic carbocycles. The predicted octanol–water partition coefficient (Wildman–Crippen LogP) is 5.39. The van der Waals surface area contributed by atoms with Gasteiger partial charge in [-0.1, -0.05) is 78.7 Å². The molecule has 0 amide bonds. The fraction of sp³-hybridized carbons (Fsp3) is 0.0476. The zero-order chi connectivity index (χ0) is 14.5. The van der Waals surface area contributed by atoms with E-state index in [2.05, 4.69) is 78.6 Å². The molecule has 0 heteroatoms. The van der Waals surface area contributed by atoms with Crippen molar-refractivity contribution in [2.24, 2.45) is 0 Å². The molecule has 100 valence electrons. The first-order valence-corrected chi connectivity index (χ1v) is 7.06. The van der Waals surface area contributed by atoms with Crippen molar-refractivity contribution in [2.45, 2.75) is 6.92 Å². The summed E-state index contributed by atoms with van der Waals surface area (Å²) in [6, 6.07) is 27.4. The van der Waals surface area contributed by atoms with Crippen LogP contribution in [-0.2, 0) is 0 Å². The van der Waals surface area contributed by atoms with Crippen LogP contribution in [0.2, 0.25) is 0 Å². The Morgan fingerprint density at radius 1 is 0.571 bits per heavy atom. The summed E-state index contributed by atoms with van der Waals surface area (Å²) in [5, 5.41) is 0. The molecule has 0 saturated heterocycles. The van der Waals surface area contributed by atoms with Crippen molar-refractivity contribution in [1.29, 1.82) is 0 Å². The fourth-order valence-corrected chi connectivity index (χ4v) is 2.45. The minimum Gasteiger partial charge on any atom is -0.101 e. The number of hydrogen-bond acceptors (Lipinski definition) is 0. The van der Waals surface area contributed by atoms with Crippen LogP contribution < -0.4 is 0 Å². The molecule has 0 aliphatic rings. The molecule has 3 aromatic rings. The van der Waals surface area contributed by atoms with E-state index in [0.717, 1.165) is 5.56 Å². The topological polar surface area (TPSA) is 0 Å². The van der Waals surface area contributed by atoms with Gasteiger partial charge in [0.2, 0.25) is 0 Å². The van der Waals surface area contributed by atoms with Gasteiger partial charge in [0.1, 0.15) is 0 Å². The van der Waals surface area contributed by atoms with Gasteiger partial charge in [-0.25, -0.2) is 0 Å². The van der Waals surface area contributed by atoms with E-state index >= 15 is 0 Å². The number of benzene rings is 3. The Labute approximate surface area is 126 Å². The van der Waals surface area contributed by atoms with E-state index in [1.807, 2.05) is 19.1 Å². The molecule has 0 bridgehead atoms. The van der Waals surface area contributed by atoms with Gasteiger partial charge in [-0.15, -0.1) is 5.92 Å². The van der Waals surface area contributed by atoms with Crippen molar-refractivity contribution in [3.8, 4) is 34.1 Å². The molecule has 21 heavy (non-hydrogen) atoms. The second-order valence-electron chi connectivity index (χ2n) is 4.86. The van der Waals surface area contributed by atoms with Gasteiger partial charge < -0.3 is 0 Å². The maximum Gasteiger partial charge on any atom is 0.0323 e. The smallest absolute Gasteiger partial charge is 0.0323 e. The SMILES string of the molecule is CC#Cc1ccccc1-c1ccc(-c2ccccc2)cc1. The molecular weight excluding hydrogens is 252 g/mol. The van der Waals surface area contributed by atoms with Gasteiger partial charge in [-0.2, -0.15) is 0 Å². The zero-order valence-electron chi connectivity index (χ0n) is 12.0. The summed E-state index contributed by atoms with van der Waals surface area (Å²) in [4.78, 5) is 0. The number of rotatable bonds is 2. The first kappa shape index (κ1) is 13.2. The summed E-state index contributed by atoms with van der Waals surface area (Å²) < 4.78 is 0. The predicted molar refractivity (Wildman–Crippen MR) is 89.9 cm³/mol. The molecular formula is C21H16. The molecule has 0 saturated carbocycles. The average molecular weight is 268 g/mol. The van der Waals surface area contributed by atoms with Crippen LogP contribution in [0.1, 0.15) is 12.5 Å². The second kappa shape index (κ2) is 6.11. The molecule has 0 atom stereocenters. The molecule has 0 nitrogen and oxygen atoms in total. The Kier molecular flexibility index (Phi) is 3.85. The first-order valence-electron chi connectivity index (χ1n) is 7.06. The third kappa shape index (κ3) is 2.88. The average Bonchev–Trinajstić information content (AvgIpc) is 2.57. The third-order valence-corrected chi connectivity index (χ3v) is 3.49. The summed E-state index contributed by atoms with van der Waals surface area (Å²) in [5.74, 6) is 6.15. The highest BCUT2D eigenvalue weighted by Crippen LogP contribution is 2.26. The Bertz CT molecular complexity index is 785. The molecule has 0 aromatic heterocycles. The Morgan fingerprint density at radius 3 is 1.86 bits per heavy atom. The van der Waals surface area contributed by atoms with Gasteiger partial charge in [0.15, 0.2) is 0 Å². The molecule has 3 rings (SSSR count). The van der Waals surface area contributed by atoms with Gasteiger partial charge in [0.05, 0.1) is 0 Å². The van der Waals surface area contributed by atoms with Crippen LogP contribution in [0.4, 0.5) is 0 Å². The second-order valence-corrected chi connectivity index (χ2v) is 4.86. The highest BCUT2D eigenvalue weighted by molar-refractivity contribution is 5.74. The van der Waals surface area contributed by atoms with Crippen LogP contribution in [0.5, 0.6) is 0 Å². The number of hydrogen-bond donors (Lipinski definition) is 0. The lowest BCUT2D eigenvalue weighted by molar-refractivity contribution is 1.57. The first-order chi connectivity index (χ1) is 10.4. The van der Waals surface area contributed by atoms with Crippen molar-refractivity contribution in [2.75, 3.05) is 0 Å². The van der Waals surface area contributed by atoms with E-state index in [1.54, 1.807) is 0 Å². The van der Waals surface area contributed by atoms with E-state index in [4.69, 9.17) is 0 Å². The molecule has 0 unspecified atom stereocenters. The fourth-order valence-electron chi connectivity index (χ4n) is 2.45. The summed E-state index contributed by atoms with van der Waals surface area (Å²) in [6.45, 7) is 1.87. The van der Waals surface area contributed by atoms with Crippen LogP contribution >= 0.6 is 0 Å². The Morgan fingerprint density at radius 2 is 1.14 bits per heavy atom. The third-order valence-electron chi connectivity index (χ3n) is 3.49. The lowest BCUT2D eigenvalue weighted by Crippen LogP contribution is -1.84. The van der Waals surface area contributed by atoms with Gasteiger partial charge >= 0.3 is 0 Å². The van der Waals surface area contributed by atoms with Crippen molar-refractivity contribution in [1.82, 2.24) is 0 Å². The molecule has 0 aliphatic heterocycles. The summed E-state index contributed by atoms with van der Waals surface area (Å²) in [6.07, 6.45) is 0. The molecule has 0 radical (unpaired) electrons. The van der Waals surface area contributed by atoms with Crippen LogP contribution in [-0.4, -0.2) is 0 Å². The normalized spacial score (nSPS) is 9.76. The minimum atomic E-state index is 1.08. The minimum absolute atomic E-state index is 1.08. The van der Waals surface area contributed by atoms with Gasteiger partial charge in [-0.05, 0) is 35.2 Å². The summed E-state index contributed by atoms with van der Waals surface area (Å²) in [5.41, 5.74) is 5.94. The molecule has 0 spiro atoms. The van der Waals surface area contributed by atoms with Crippen molar-refractivity contribution in [3.05, 3.63) is 84.4 Å². The standard InChI is InChI=1S/C21H16/c1-2-8-19-11-6-7-12-21(19)20-15-13-18(14-16-20)17-9-4-3-5-10-17/h3-7,9-16H,1H3. The van der Waals surface area contributed by atoms with E-state index < -0.39 is 0 Å². The van der Waals surface area contributed by atoms with E-state index in [9.17, 15) is 0 Å². The van der Waals surface area contributed by atoms with Crippen LogP contribution in [0.25, 0.3) is 22.3 Å². The Hall–Kier alpha value is -2.78. The maximum atomic E-state index is 3.17. The maximum absolute atomic E-state index is 3.17. The van der Waals surface area contributed by atoms with Crippen molar-refractivity contribution >= 4 is 0 Å². The van der Waals surface area contributed by atoms with Crippen LogP contribution in [0.15, 0.2) is 78.9 Å². The molecule has 0 fully saturated rings. The van der Waals surface area contributed by atoms with E-state index in [0.29, 0.717) is 0 Å². The zero-order valence-corrected chi connectivity index (χ0v) is 12.0. The van der Waals surface area contributed by atoms with Gasteiger partial charge in [0, 0.05) is 5.56 Å². The quantitative estimate of drug-likeness (QED) is 0.546. The van der Waals surface area contributed by atoms with E-state index in [1.165, 1.54) is 22.3 Å². The van der Waals surface area contributed by atoms with Gasteiger partial charge in [-0.3, -0.25) is 0 Å². The molecule has 0 N–H and O–H groups in total. The lowest BCUT2D eigenvalue weighted by atomic mass is 9.97. The monoisotopic (exact) mass is 268 g/mol.